The summed E-state index contributed by atoms with van der Waals surface area (Å²) < 4.78 is 17.3. The molecule has 0 amide bonds. The van der Waals surface area contributed by atoms with Gasteiger partial charge in [0.15, 0.2) is 6.10 Å². The zero-order chi connectivity index (χ0) is 47.7. The van der Waals surface area contributed by atoms with E-state index in [4.69, 9.17) is 14.2 Å². The molecule has 0 aromatic rings. The fourth-order valence-corrected chi connectivity index (χ4v) is 7.22. The molecule has 0 N–H and O–H groups in total. The maximum atomic E-state index is 12.8. The highest BCUT2D eigenvalue weighted by Crippen LogP contribution is 2.13. The van der Waals surface area contributed by atoms with Crippen LogP contribution in [-0.2, 0) is 23.8 Å². The molecule has 0 aromatic heterocycles. The summed E-state index contributed by atoms with van der Waals surface area (Å²) in [4.78, 5) is 25.5. The minimum atomic E-state index is -0.592. The Labute approximate surface area is 408 Å². The summed E-state index contributed by atoms with van der Waals surface area (Å²) in [7, 11) is 0. The number of rotatable bonds is 49. The Balaban J connectivity index is 4.42. The average Bonchev–Trinajstić information content (AvgIpc) is 3.32. The van der Waals surface area contributed by atoms with Gasteiger partial charge in [0, 0.05) is 12.8 Å². The number of allylic oxidation sites excluding steroid dienone is 17. The molecule has 0 fully saturated rings. The van der Waals surface area contributed by atoms with E-state index in [0.717, 1.165) is 103 Å². The lowest BCUT2D eigenvalue weighted by Gasteiger charge is -2.18. The van der Waals surface area contributed by atoms with Gasteiger partial charge in [-0.1, -0.05) is 220 Å². The highest BCUT2D eigenvalue weighted by Gasteiger charge is 2.17. The Morgan fingerprint density at radius 1 is 0.348 bits per heavy atom. The van der Waals surface area contributed by atoms with E-state index in [1.807, 2.05) is 0 Å². The number of carbonyl (C=O) groups excluding carboxylic acids is 2. The first kappa shape index (κ1) is 62.6. The van der Waals surface area contributed by atoms with Gasteiger partial charge in [0.1, 0.15) is 6.61 Å². The Morgan fingerprint density at radius 3 is 1.14 bits per heavy atom. The normalized spacial score (nSPS) is 13.1. The maximum absolute atomic E-state index is 12.8. The van der Waals surface area contributed by atoms with E-state index < -0.39 is 6.10 Å². The lowest BCUT2D eigenvalue weighted by Crippen LogP contribution is -2.30. The van der Waals surface area contributed by atoms with Crippen molar-refractivity contribution >= 4 is 11.9 Å². The molecule has 376 valence electrons. The van der Waals surface area contributed by atoms with Crippen LogP contribution in [0.2, 0.25) is 0 Å². The number of hydrogen-bond donors (Lipinski definition) is 0. The zero-order valence-electron chi connectivity index (χ0n) is 43.2. The quantitative estimate of drug-likeness (QED) is 0.0346. The third-order valence-electron chi connectivity index (χ3n) is 11.3. The van der Waals surface area contributed by atoms with Gasteiger partial charge in [0.25, 0.3) is 0 Å². The number of unbranched alkanes of at least 4 members (excludes halogenated alkanes) is 20. The zero-order valence-corrected chi connectivity index (χ0v) is 43.2. The molecule has 1 atom stereocenters. The van der Waals surface area contributed by atoms with Crippen molar-refractivity contribution in [1.29, 1.82) is 0 Å². The van der Waals surface area contributed by atoms with Crippen molar-refractivity contribution in [2.24, 2.45) is 0 Å². The van der Waals surface area contributed by atoms with Crippen LogP contribution in [0, 0.1) is 0 Å². The van der Waals surface area contributed by atoms with Gasteiger partial charge in [0.2, 0.25) is 0 Å². The minimum absolute atomic E-state index is 0.0398. The lowest BCUT2D eigenvalue weighted by molar-refractivity contribution is -0.162. The van der Waals surface area contributed by atoms with Crippen molar-refractivity contribution in [3.63, 3.8) is 0 Å². The minimum Gasteiger partial charge on any atom is -0.462 e. The molecule has 0 bridgehead atoms. The van der Waals surface area contributed by atoms with E-state index in [0.29, 0.717) is 19.4 Å². The first-order valence-electron chi connectivity index (χ1n) is 27.4. The maximum Gasteiger partial charge on any atom is 0.306 e. The Kier molecular flexibility index (Phi) is 53.0. The first-order chi connectivity index (χ1) is 32.6. The molecular formula is C61H102O5. The van der Waals surface area contributed by atoms with Crippen LogP contribution in [0.1, 0.15) is 239 Å². The first-order valence-corrected chi connectivity index (χ1v) is 27.4. The second-order valence-electron chi connectivity index (χ2n) is 17.7. The molecule has 0 radical (unpaired) electrons. The number of carbonyl (C=O) groups is 2. The van der Waals surface area contributed by atoms with Crippen molar-refractivity contribution in [2.75, 3.05) is 19.8 Å². The van der Waals surface area contributed by atoms with Gasteiger partial charge in [-0.2, -0.15) is 0 Å². The van der Waals surface area contributed by atoms with Crippen molar-refractivity contribution in [3.05, 3.63) is 109 Å². The smallest absolute Gasteiger partial charge is 0.306 e. The number of hydrogen-bond acceptors (Lipinski definition) is 5. The molecule has 0 saturated heterocycles. The molecule has 0 aliphatic rings. The van der Waals surface area contributed by atoms with Gasteiger partial charge in [-0.05, 0) is 116 Å². The molecule has 0 rings (SSSR count). The average molecular weight is 915 g/mol. The molecule has 1 unspecified atom stereocenters. The van der Waals surface area contributed by atoms with E-state index in [2.05, 4.69) is 130 Å². The molecule has 0 aliphatic carbocycles. The second-order valence-corrected chi connectivity index (χ2v) is 17.7. The van der Waals surface area contributed by atoms with Crippen molar-refractivity contribution in [3.8, 4) is 0 Å². The van der Waals surface area contributed by atoms with E-state index in [-0.39, 0.29) is 25.2 Å². The highest BCUT2D eigenvalue weighted by atomic mass is 16.6. The largest absolute Gasteiger partial charge is 0.462 e. The molecule has 0 spiro atoms. The monoisotopic (exact) mass is 915 g/mol. The van der Waals surface area contributed by atoms with E-state index >= 15 is 0 Å². The van der Waals surface area contributed by atoms with Gasteiger partial charge in [-0.25, -0.2) is 0 Å². The number of ether oxygens (including phenoxy) is 3. The van der Waals surface area contributed by atoms with Crippen LogP contribution in [0.4, 0.5) is 0 Å². The summed E-state index contributed by atoms with van der Waals surface area (Å²) in [6, 6.07) is 0. The molecular weight excluding hydrogens is 813 g/mol. The summed E-state index contributed by atoms with van der Waals surface area (Å²) in [5.41, 5.74) is 0. The van der Waals surface area contributed by atoms with Gasteiger partial charge >= 0.3 is 11.9 Å². The Morgan fingerprint density at radius 2 is 0.682 bits per heavy atom. The third kappa shape index (κ3) is 53.2. The lowest BCUT2D eigenvalue weighted by atomic mass is 10.1. The van der Waals surface area contributed by atoms with Crippen LogP contribution in [0.15, 0.2) is 109 Å². The van der Waals surface area contributed by atoms with Gasteiger partial charge in [-0.15, -0.1) is 0 Å². The Hall–Kier alpha value is -3.44. The fraction of sp³-hybridized carbons (Fsp3) is 0.672. The Bertz CT molecular complexity index is 1310. The molecule has 0 saturated carbocycles. The van der Waals surface area contributed by atoms with Crippen LogP contribution in [0.3, 0.4) is 0 Å². The number of esters is 2. The topological polar surface area (TPSA) is 61.8 Å². The molecule has 0 aromatic carbocycles. The summed E-state index contributed by atoms with van der Waals surface area (Å²) >= 11 is 0. The van der Waals surface area contributed by atoms with Crippen LogP contribution in [-0.4, -0.2) is 37.9 Å². The van der Waals surface area contributed by atoms with Crippen LogP contribution >= 0.6 is 0 Å². The third-order valence-corrected chi connectivity index (χ3v) is 11.3. The van der Waals surface area contributed by atoms with Crippen LogP contribution < -0.4 is 0 Å². The standard InChI is InChI=1S/C61H102O5/c1-4-7-10-13-16-19-22-25-28-30-31-32-34-36-39-42-45-48-51-54-60(62)65-58-59(57-64-56-53-50-47-44-41-38-35-29-26-23-20-17-14-11-8-5-2)66-61(63)55-52-49-46-43-40-37-33-27-24-21-18-15-12-9-6-3/h8,11,16-17,19-20,25-29,31-33,38,41,47,50,59H,4-7,9-10,12-15,18,21-24,30,34-37,39-40,42-46,48-49,51-58H2,1-3H3/b11-8-,19-16-,20-17-,28-25-,29-26-,32-31-,33-27-,41-38-,50-47-. The van der Waals surface area contributed by atoms with Crippen LogP contribution in [0.5, 0.6) is 0 Å². The van der Waals surface area contributed by atoms with E-state index in [9.17, 15) is 9.59 Å². The predicted molar refractivity (Wildman–Crippen MR) is 288 cm³/mol. The van der Waals surface area contributed by atoms with Gasteiger partial charge < -0.3 is 14.2 Å². The predicted octanol–water partition coefficient (Wildman–Crippen LogP) is 18.8. The summed E-state index contributed by atoms with van der Waals surface area (Å²) in [5, 5.41) is 0. The van der Waals surface area contributed by atoms with Crippen molar-refractivity contribution in [1.82, 2.24) is 0 Å². The molecule has 5 nitrogen and oxygen atoms in total. The molecule has 0 aliphatic heterocycles. The second kappa shape index (κ2) is 55.9. The van der Waals surface area contributed by atoms with Crippen LogP contribution in [0.25, 0.3) is 0 Å². The van der Waals surface area contributed by atoms with E-state index in [1.165, 1.54) is 103 Å². The highest BCUT2D eigenvalue weighted by molar-refractivity contribution is 5.70. The SMILES string of the molecule is CC/C=C\C/C=C\C/C=C\C/C=C\C/C=C\CCOCC(COC(=O)CCCCCCCC/C=C\C/C=C\C/C=C\CCCCC)OC(=O)CCCCCCC/C=C\CCCCCCCC. The summed E-state index contributed by atoms with van der Waals surface area (Å²) in [6.45, 7) is 7.45. The van der Waals surface area contributed by atoms with Crippen molar-refractivity contribution in [2.45, 2.75) is 245 Å². The van der Waals surface area contributed by atoms with Gasteiger partial charge in [-0.3, -0.25) is 9.59 Å². The molecule has 5 heteroatoms. The van der Waals surface area contributed by atoms with Gasteiger partial charge in [0.05, 0.1) is 13.2 Å². The van der Waals surface area contributed by atoms with E-state index in [1.54, 1.807) is 0 Å². The molecule has 0 heterocycles. The molecule has 66 heavy (non-hydrogen) atoms. The summed E-state index contributed by atoms with van der Waals surface area (Å²) in [5.74, 6) is -0.465. The fourth-order valence-electron chi connectivity index (χ4n) is 7.22. The van der Waals surface area contributed by atoms with Crippen molar-refractivity contribution < 1.29 is 23.8 Å². The summed E-state index contributed by atoms with van der Waals surface area (Å²) in [6.07, 6.45) is 76.9.